The molecule has 1 aliphatic heterocycles. The van der Waals surface area contributed by atoms with Gasteiger partial charge in [0.05, 0.1) is 7.11 Å². The quantitative estimate of drug-likeness (QED) is 0.661. The van der Waals surface area contributed by atoms with E-state index >= 15 is 0 Å². The van der Waals surface area contributed by atoms with E-state index in [1.54, 1.807) is 24.4 Å². The SMILES string of the molecule is COc1cc(C(C)=O)ccc1OCC(=O)NCc1cccnc1N1CCN(C)CC1. The van der Waals surface area contributed by atoms with Crippen molar-refractivity contribution in [3.8, 4) is 11.5 Å². The summed E-state index contributed by atoms with van der Waals surface area (Å²) in [5, 5.41) is 2.89. The van der Waals surface area contributed by atoms with E-state index in [4.69, 9.17) is 9.47 Å². The number of likely N-dealkylation sites (N-methyl/N-ethyl adjacent to an activating group) is 1. The molecule has 0 unspecified atom stereocenters. The number of Topliss-reactive ketones (excluding diaryl/α,β-unsaturated/α-hetero) is 1. The van der Waals surface area contributed by atoms with Crippen molar-refractivity contribution in [3.05, 3.63) is 47.7 Å². The van der Waals surface area contributed by atoms with Crippen LogP contribution in [0.1, 0.15) is 22.8 Å². The second kappa shape index (κ2) is 10.1. The first-order valence-corrected chi connectivity index (χ1v) is 9.93. The second-order valence-electron chi connectivity index (χ2n) is 7.26. The van der Waals surface area contributed by atoms with Crippen LogP contribution < -0.4 is 19.7 Å². The molecule has 0 bridgehead atoms. The van der Waals surface area contributed by atoms with Gasteiger partial charge in [0.2, 0.25) is 0 Å². The topological polar surface area (TPSA) is 84.0 Å². The molecule has 8 nitrogen and oxygen atoms in total. The minimum atomic E-state index is -0.249. The number of carbonyl (C=O) groups excluding carboxylic acids is 2. The van der Waals surface area contributed by atoms with Crippen molar-refractivity contribution < 1.29 is 19.1 Å². The Labute approximate surface area is 176 Å². The molecule has 1 saturated heterocycles. The molecule has 1 aromatic heterocycles. The summed E-state index contributed by atoms with van der Waals surface area (Å²) in [4.78, 5) is 32.9. The Morgan fingerprint density at radius 3 is 2.60 bits per heavy atom. The zero-order chi connectivity index (χ0) is 21.5. The Kier molecular flexibility index (Phi) is 7.24. The summed E-state index contributed by atoms with van der Waals surface area (Å²) in [5.41, 5.74) is 1.50. The van der Waals surface area contributed by atoms with Gasteiger partial charge in [-0.05, 0) is 38.2 Å². The third-order valence-electron chi connectivity index (χ3n) is 5.08. The maximum absolute atomic E-state index is 12.3. The van der Waals surface area contributed by atoms with Crippen molar-refractivity contribution in [2.45, 2.75) is 13.5 Å². The van der Waals surface area contributed by atoms with Crippen LogP contribution in [0.5, 0.6) is 11.5 Å². The number of carbonyl (C=O) groups is 2. The first-order chi connectivity index (χ1) is 14.5. The first kappa shape index (κ1) is 21.6. The van der Waals surface area contributed by atoms with Gasteiger partial charge in [0.1, 0.15) is 5.82 Å². The van der Waals surface area contributed by atoms with Crippen molar-refractivity contribution in [1.82, 2.24) is 15.2 Å². The van der Waals surface area contributed by atoms with Crippen LogP contribution in [0.15, 0.2) is 36.5 Å². The van der Waals surface area contributed by atoms with Crippen LogP contribution in [0.25, 0.3) is 0 Å². The molecule has 0 radical (unpaired) electrons. The Bertz CT molecular complexity index is 894. The van der Waals surface area contributed by atoms with Crippen LogP contribution >= 0.6 is 0 Å². The van der Waals surface area contributed by atoms with E-state index in [1.807, 2.05) is 12.1 Å². The van der Waals surface area contributed by atoms with Crippen LogP contribution in [0.3, 0.4) is 0 Å². The third-order valence-corrected chi connectivity index (χ3v) is 5.08. The van der Waals surface area contributed by atoms with E-state index in [0.29, 0.717) is 23.6 Å². The number of piperazine rings is 1. The molecule has 160 valence electrons. The molecule has 1 amide bonds. The Hall–Kier alpha value is -3.13. The van der Waals surface area contributed by atoms with Crippen LogP contribution in [-0.2, 0) is 11.3 Å². The Balaban J connectivity index is 1.56. The van der Waals surface area contributed by atoms with E-state index in [2.05, 4.69) is 27.1 Å². The molecule has 0 atom stereocenters. The van der Waals surface area contributed by atoms with Gasteiger partial charge < -0.3 is 24.6 Å². The number of methoxy groups -OCH3 is 1. The summed E-state index contributed by atoms with van der Waals surface area (Å²) in [6.07, 6.45) is 1.78. The third kappa shape index (κ3) is 5.48. The largest absolute Gasteiger partial charge is 0.493 e. The van der Waals surface area contributed by atoms with Gasteiger partial charge in [-0.25, -0.2) is 4.98 Å². The van der Waals surface area contributed by atoms with E-state index in [9.17, 15) is 9.59 Å². The zero-order valence-corrected chi connectivity index (χ0v) is 17.7. The summed E-state index contributed by atoms with van der Waals surface area (Å²) < 4.78 is 10.9. The number of pyridine rings is 1. The van der Waals surface area contributed by atoms with Gasteiger partial charge in [0, 0.05) is 50.0 Å². The fourth-order valence-corrected chi connectivity index (χ4v) is 3.27. The molecule has 3 rings (SSSR count). The van der Waals surface area contributed by atoms with Crippen molar-refractivity contribution in [3.63, 3.8) is 0 Å². The fraction of sp³-hybridized carbons (Fsp3) is 0.409. The van der Waals surface area contributed by atoms with Crippen molar-refractivity contribution in [2.24, 2.45) is 0 Å². The Morgan fingerprint density at radius 2 is 1.90 bits per heavy atom. The molecule has 2 heterocycles. The highest BCUT2D eigenvalue weighted by Gasteiger charge is 2.18. The number of rotatable bonds is 8. The number of nitrogens with one attached hydrogen (secondary N) is 1. The second-order valence-corrected chi connectivity index (χ2v) is 7.26. The van der Waals surface area contributed by atoms with Gasteiger partial charge in [-0.15, -0.1) is 0 Å². The fourth-order valence-electron chi connectivity index (χ4n) is 3.27. The first-order valence-electron chi connectivity index (χ1n) is 9.93. The van der Waals surface area contributed by atoms with E-state index in [-0.39, 0.29) is 18.3 Å². The van der Waals surface area contributed by atoms with E-state index in [0.717, 1.165) is 37.6 Å². The number of benzene rings is 1. The summed E-state index contributed by atoms with van der Waals surface area (Å²) >= 11 is 0. The molecule has 8 heteroatoms. The van der Waals surface area contributed by atoms with Crippen LogP contribution in [-0.4, -0.2) is 68.5 Å². The molecule has 30 heavy (non-hydrogen) atoms. The highest BCUT2D eigenvalue weighted by Crippen LogP contribution is 2.28. The van der Waals surface area contributed by atoms with Crippen molar-refractivity contribution >= 4 is 17.5 Å². The highest BCUT2D eigenvalue weighted by atomic mass is 16.5. The molecule has 1 fully saturated rings. The molecule has 2 aromatic rings. The van der Waals surface area contributed by atoms with E-state index in [1.165, 1.54) is 14.0 Å². The number of aromatic nitrogens is 1. The average molecular weight is 412 g/mol. The zero-order valence-electron chi connectivity index (χ0n) is 17.7. The van der Waals surface area contributed by atoms with Crippen LogP contribution in [0.2, 0.25) is 0 Å². The van der Waals surface area contributed by atoms with Gasteiger partial charge in [0.15, 0.2) is 23.9 Å². The minimum Gasteiger partial charge on any atom is -0.493 e. The van der Waals surface area contributed by atoms with Crippen molar-refractivity contribution in [2.75, 3.05) is 51.8 Å². The average Bonchev–Trinajstić information content (AvgIpc) is 2.76. The van der Waals surface area contributed by atoms with Gasteiger partial charge in [0.25, 0.3) is 5.91 Å². The van der Waals surface area contributed by atoms with E-state index < -0.39 is 0 Å². The smallest absolute Gasteiger partial charge is 0.258 e. The maximum Gasteiger partial charge on any atom is 0.258 e. The molecule has 1 aromatic carbocycles. The molecule has 0 saturated carbocycles. The summed E-state index contributed by atoms with van der Waals surface area (Å²) in [6.45, 7) is 5.50. The predicted molar refractivity (Wildman–Crippen MR) is 114 cm³/mol. The maximum atomic E-state index is 12.3. The summed E-state index contributed by atoms with van der Waals surface area (Å²) in [7, 11) is 3.61. The molecular weight excluding hydrogens is 384 g/mol. The molecule has 0 spiro atoms. The number of amides is 1. The molecular formula is C22H28N4O4. The number of hydrogen-bond donors (Lipinski definition) is 1. The summed E-state index contributed by atoms with van der Waals surface area (Å²) in [5.74, 6) is 1.43. The van der Waals surface area contributed by atoms with Gasteiger partial charge in [-0.2, -0.15) is 0 Å². The standard InChI is InChI=1S/C22H28N4O4/c1-16(27)17-6-7-19(20(13-17)29-3)30-15-21(28)24-14-18-5-4-8-23-22(18)26-11-9-25(2)10-12-26/h4-8,13H,9-12,14-15H2,1-3H3,(H,24,28). The van der Waals surface area contributed by atoms with Crippen molar-refractivity contribution in [1.29, 1.82) is 0 Å². The molecule has 1 aliphatic rings. The lowest BCUT2D eigenvalue weighted by atomic mass is 10.1. The van der Waals surface area contributed by atoms with Gasteiger partial charge >= 0.3 is 0 Å². The van der Waals surface area contributed by atoms with Crippen LogP contribution in [0, 0.1) is 0 Å². The highest BCUT2D eigenvalue weighted by molar-refractivity contribution is 5.94. The Morgan fingerprint density at radius 1 is 1.13 bits per heavy atom. The number of hydrogen-bond acceptors (Lipinski definition) is 7. The molecule has 0 aliphatic carbocycles. The van der Waals surface area contributed by atoms with Crippen LogP contribution in [0.4, 0.5) is 5.82 Å². The van der Waals surface area contributed by atoms with Gasteiger partial charge in [-0.3, -0.25) is 9.59 Å². The predicted octanol–water partition coefficient (Wildman–Crippen LogP) is 1.74. The lowest BCUT2D eigenvalue weighted by Gasteiger charge is -2.34. The number of ether oxygens (including phenoxy) is 2. The molecule has 1 N–H and O–H groups in total. The van der Waals surface area contributed by atoms with Gasteiger partial charge in [-0.1, -0.05) is 6.07 Å². The normalized spacial score (nSPS) is 14.3. The number of anilines is 1. The number of nitrogens with zero attached hydrogens (tertiary/aromatic N) is 3. The lowest BCUT2D eigenvalue weighted by molar-refractivity contribution is -0.123. The lowest BCUT2D eigenvalue weighted by Crippen LogP contribution is -2.45. The number of ketones is 1. The monoisotopic (exact) mass is 412 g/mol. The minimum absolute atomic E-state index is 0.0646. The summed E-state index contributed by atoms with van der Waals surface area (Å²) in [6, 6.07) is 8.74.